The number of hydrogen-bond donors (Lipinski definition) is 1. The maximum Gasteiger partial charge on any atom is 0.253 e. The number of aromatic nitrogens is 1. The molecule has 0 bridgehead atoms. The summed E-state index contributed by atoms with van der Waals surface area (Å²) in [6.45, 7) is 2.73. The second kappa shape index (κ2) is 7.74. The molecular formula is C18H21F2N3O2. The summed E-state index contributed by atoms with van der Waals surface area (Å²) in [5.74, 6) is 0.477. The number of alkyl halides is 2. The summed E-state index contributed by atoms with van der Waals surface area (Å²) >= 11 is 0. The van der Waals surface area contributed by atoms with Gasteiger partial charge in [0.25, 0.3) is 12.3 Å². The molecule has 0 aromatic carbocycles. The molecule has 1 amide bonds. The fourth-order valence-electron chi connectivity index (χ4n) is 3.08. The van der Waals surface area contributed by atoms with Gasteiger partial charge in [0.15, 0.2) is 5.76 Å². The highest BCUT2D eigenvalue weighted by Crippen LogP contribution is 2.20. The van der Waals surface area contributed by atoms with Crippen molar-refractivity contribution in [1.29, 1.82) is 0 Å². The molecule has 134 valence electrons. The Bertz CT molecular complexity index is 711. The monoisotopic (exact) mass is 349 g/mol. The summed E-state index contributed by atoms with van der Waals surface area (Å²) in [6, 6.07) is 7.10. The Hall–Kier alpha value is -2.28. The quantitative estimate of drug-likeness (QED) is 0.901. The minimum atomic E-state index is -2.31. The number of carbonyl (C=O) groups excluding carboxylic acids is 1. The lowest BCUT2D eigenvalue weighted by Gasteiger charge is -2.32. The van der Waals surface area contributed by atoms with Crippen LogP contribution >= 0.6 is 0 Å². The third-order valence-electron chi connectivity index (χ3n) is 4.42. The summed E-state index contributed by atoms with van der Waals surface area (Å²) in [6.07, 6.45) is 0.616. The number of hydrogen-bond acceptors (Lipinski definition) is 4. The van der Waals surface area contributed by atoms with Crippen LogP contribution in [-0.4, -0.2) is 47.9 Å². The molecule has 3 heterocycles. The fourth-order valence-corrected chi connectivity index (χ4v) is 3.08. The van der Waals surface area contributed by atoms with Gasteiger partial charge in [0.05, 0.1) is 24.1 Å². The molecule has 0 saturated carbocycles. The topological polar surface area (TPSA) is 58.4 Å². The number of carbonyl (C=O) groups is 1. The molecule has 7 heteroatoms. The van der Waals surface area contributed by atoms with E-state index in [9.17, 15) is 13.6 Å². The van der Waals surface area contributed by atoms with Crippen molar-refractivity contribution in [3.05, 3.63) is 41.8 Å². The van der Waals surface area contributed by atoms with Gasteiger partial charge in [-0.15, -0.1) is 0 Å². The molecule has 2 aromatic rings. The maximum absolute atomic E-state index is 12.5. The van der Waals surface area contributed by atoms with Gasteiger partial charge in [0, 0.05) is 19.1 Å². The SMILES string of the molecule is Cc1nc(-c2ccco2)ccc1C(=O)NC1CCN(CC(F)F)CC1. The number of piperidine rings is 1. The van der Waals surface area contributed by atoms with Crippen molar-refractivity contribution in [3.63, 3.8) is 0 Å². The van der Waals surface area contributed by atoms with E-state index >= 15 is 0 Å². The normalized spacial score (nSPS) is 16.3. The molecule has 5 nitrogen and oxygen atoms in total. The van der Waals surface area contributed by atoms with Crippen molar-refractivity contribution in [2.24, 2.45) is 0 Å². The number of aryl methyl sites for hydroxylation is 1. The summed E-state index contributed by atoms with van der Waals surface area (Å²) in [5, 5.41) is 2.99. The van der Waals surface area contributed by atoms with Gasteiger partial charge in [-0.2, -0.15) is 0 Å². The van der Waals surface area contributed by atoms with E-state index in [1.807, 2.05) is 6.07 Å². The number of pyridine rings is 1. The van der Waals surface area contributed by atoms with Gasteiger partial charge in [-0.1, -0.05) is 0 Å². The first-order valence-electron chi connectivity index (χ1n) is 8.36. The van der Waals surface area contributed by atoms with E-state index in [4.69, 9.17) is 4.42 Å². The highest BCUT2D eigenvalue weighted by Gasteiger charge is 2.23. The molecule has 0 aliphatic carbocycles. The molecule has 1 saturated heterocycles. The van der Waals surface area contributed by atoms with Crippen molar-refractivity contribution in [2.45, 2.75) is 32.2 Å². The first kappa shape index (κ1) is 17.5. The Morgan fingerprint density at radius 2 is 2.12 bits per heavy atom. The van der Waals surface area contributed by atoms with E-state index in [0.717, 1.165) is 0 Å². The zero-order chi connectivity index (χ0) is 17.8. The average Bonchev–Trinajstić information content (AvgIpc) is 3.10. The molecule has 1 fully saturated rings. The van der Waals surface area contributed by atoms with Crippen LogP contribution in [0.2, 0.25) is 0 Å². The van der Waals surface area contributed by atoms with Crippen molar-refractivity contribution < 1.29 is 18.0 Å². The molecule has 2 aromatic heterocycles. The van der Waals surface area contributed by atoms with Crippen molar-refractivity contribution in [3.8, 4) is 11.5 Å². The lowest BCUT2D eigenvalue weighted by atomic mass is 10.0. The van der Waals surface area contributed by atoms with E-state index in [2.05, 4.69) is 10.3 Å². The van der Waals surface area contributed by atoms with Gasteiger partial charge < -0.3 is 9.73 Å². The lowest BCUT2D eigenvalue weighted by molar-refractivity contribution is 0.0696. The third-order valence-corrected chi connectivity index (χ3v) is 4.42. The van der Waals surface area contributed by atoms with E-state index in [1.165, 1.54) is 0 Å². The van der Waals surface area contributed by atoms with Crippen molar-refractivity contribution >= 4 is 5.91 Å². The summed E-state index contributed by atoms with van der Waals surface area (Å²) in [5.41, 5.74) is 1.83. The standard InChI is InChI=1S/C18H21F2N3O2/c1-12-14(4-5-15(21-12)16-3-2-10-25-16)18(24)22-13-6-8-23(9-7-13)11-17(19)20/h2-5,10,13,17H,6-9,11H2,1H3,(H,22,24). The minimum Gasteiger partial charge on any atom is -0.463 e. The number of halogens is 2. The predicted octanol–water partition coefficient (Wildman–Crippen LogP) is 3.11. The van der Waals surface area contributed by atoms with Gasteiger partial charge in [-0.3, -0.25) is 9.69 Å². The summed E-state index contributed by atoms with van der Waals surface area (Å²) in [4.78, 5) is 18.6. The van der Waals surface area contributed by atoms with Crippen LogP contribution < -0.4 is 5.32 Å². The van der Waals surface area contributed by atoms with Crippen LogP contribution in [0.1, 0.15) is 28.9 Å². The Labute approximate surface area is 145 Å². The zero-order valence-corrected chi connectivity index (χ0v) is 14.0. The number of nitrogens with zero attached hydrogens (tertiary/aromatic N) is 2. The van der Waals surface area contributed by atoms with Gasteiger partial charge >= 0.3 is 0 Å². The highest BCUT2D eigenvalue weighted by atomic mass is 19.3. The van der Waals surface area contributed by atoms with Crippen LogP contribution in [0.3, 0.4) is 0 Å². The number of furan rings is 1. The molecule has 1 aliphatic rings. The van der Waals surface area contributed by atoms with Gasteiger partial charge in [0.1, 0.15) is 5.69 Å². The Balaban J connectivity index is 1.59. The average molecular weight is 349 g/mol. The van der Waals surface area contributed by atoms with Crippen LogP contribution in [0.5, 0.6) is 0 Å². The number of nitrogens with one attached hydrogen (secondary N) is 1. The molecule has 0 unspecified atom stereocenters. The van der Waals surface area contributed by atoms with Crippen LogP contribution in [0, 0.1) is 6.92 Å². The molecular weight excluding hydrogens is 328 g/mol. The largest absolute Gasteiger partial charge is 0.463 e. The highest BCUT2D eigenvalue weighted by molar-refractivity contribution is 5.95. The smallest absolute Gasteiger partial charge is 0.253 e. The van der Waals surface area contributed by atoms with Gasteiger partial charge in [0.2, 0.25) is 0 Å². The fraction of sp³-hybridized carbons (Fsp3) is 0.444. The molecule has 1 N–H and O–H groups in total. The lowest BCUT2D eigenvalue weighted by Crippen LogP contribution is -2.45. The Kier molecular flexibility index (Phi) is 5.43. The third kappa shape index (κ3) is 4.42. The molecule has 0 spiro atoms. The molecule has 3 rings (SSSR count). The number of rotatable bonds is 5. The van der Waals surface area contributed by atoms with Crippen LogP contribution in [-0.2, 0) is 0 Å². The molecule has 0 radical (unpaired) electrons. The minimum absolute atomic E-state index is 0.00516. The second-order valence-electron chi connectivity index (χ2n) is 6.25. The zero-order valence-electron chi connectivity index (χ0n) is 14.0. The van der Waals surface area contributed by atoms with Crippen LogP contribution in [0.4, 0.5) is 8.78 Å². The first-order chi connectivity index (χ1) is 12.0. The Morgan fingerprint density at radius 1 is 1.36 bits per heavy atom. The first-order valence-corrected chi connectivity index (χ1v) is 8.36. The van der Waals surface area contributed by atoms with Crippen LogP contribution in [0.25, 0.3) is 11.5 Å². The summed E-state index contributed by atoms with van der Waals surface area (Å²) in [7, 11) is 0. The Morgan fingerprint density at radius 3 is 2.72 bits per heavy atom. The van der Waals surface area contributed by atoms with Crippen LogP contribution in [0.15, 0.2) is 34.9 Å². The van der Waals surface area contributed by atoms with Gasteiger partial charge in [-0.05, 0) is 44.0 Å². The summed E-state index contributed by atoms with van der Waals surface area (Å²) < 4.78 is 30.1. The van der Waals surface area contributed by atoms with Gasteiger partial charge in [-0.25, -0.2) is 13.8 Å². The number of likely N-dealkylation sites (tertiary alicyclic amines) is 1. The van der Waals surface area contributed by atoms with E-state index in [-0.39, 0.29) is 18.5 Å². The molecule has 0 atom stereocenters. The maximum atomic E-state index is 12.5. The molecule has 1 aliphatic heterocycles. The predicted molar refractivity (Wildman–Crippen MR) is 89.6 cm³/mol. The van der Waals surface area contributed by atoms with Crippen molar-refractivity contribution in [2.75, 3.05) is 19.6 Å². The van der Waals surface area contributed by atoms with E-state index in [0.29, 0.717) is 48.6 Å². The van der Waals surface area contributed by atoms with E-state index < -0.39 is 6.43 Å². The molecule has 25 heavy (non-hydrogen) atoms. The second-order valence-corrected chi connectivity index (χ2v) is 6.25. The number of amides is 1. The van der Waals surface area contributed by atoms with Crippen molar-refractivity contribution in [1.82, 2.24) is 15.2 Å². The van der Waals surface area contributed by atoms with E-state index in [1.54, 1.807) is 36.3 Å².